The molecule has 5 nitrogen and oxygen atoms in total. The Morgan fingerprint density at radius 2 is 2.21 bits per heavy atom. The van der Waals surface area contributed by atoms with Crippen LogP contribution in [0.5, 0.6) is 11.5 Å². The molecule has 0 saturated carbocycles. The summed E-state index contributed by atoms with van der Waals surface area (Å²) >= 11 is 0. The van der Waals surface area contributed by atoms with Gasteiger partial charge in [0.05, 0.1) is 19.8 Å². The molecule has 1 amide bonds. The fraction of sp³-hybridized carbons (Fsp3) is 0.500. The van der Waals surface area contributed by atoms with Gasteiger partial charge in [0.2, 0.25) is 0 Å². The van der Waals surface area contributed by atoms with Gasteiger partial charge < -0.3 is 20.1 Å². The summed E-state index contributed by atoms with van der Waals surface area (Å²) < 4.78 is 10.4. The summed E-state index contributed by atoms with van der Waals surface area (Å²) in [6, 6.07) is 5.37. The minimum absolute atomic E-state index is 0.0209. The van der Waals surface area contributed by atoms with Gasteiger partial charge in [0.25, 0.3) is 5.91 Å². The molecule has 1 atom stereocenters. The van der Waals surface area contributed by atoms with Crippen LogP contribution >= 0.6 is 0 Å². The van der Waals surface area contributed by atoms with Crippen LogP contribution in [-0.2, 0) is 0 Å². The molecule has 0 aliphatic carbocycles. The molecule has 0 radical (unpaired) electrons. The van der Waals surface area contributed by atoms with Crippen molar-refractivity contribution in [3.05, 3.63) is 23.8 Å². The van der Waals surface area contributed by atoms with Crippen LogP contribution in [0.3, 0.4) is 0 Å². The van der Waals surface area contributed by atoms with Gasteiger partial charge in [-0.1, -0.05) is 0 Å². The van der Waals surface area contributed by atoms with Crippen LogP contribution in [0.25, 0.3) is 0 Å². The fourth-order valence-electron chi connectivity index (χ4n) is 2.48. The van der Waals surface area contributed by atoms with Gasteiger partial charge in [0.15, 0.2) is 0 Å². The number of carbonyl (C=O) groups is 1. The Kier molecular flexibility index (Phi) is 4.27. The lowest BCUT2D eigenvalue weighted by molar-refractivity contribution is 0.0738. The predicted octanol–water partition coefficient (Wildman–Crippen LogP) is 1.27. The molecule has 1 aromatic carbocycles. The molecule has 1 heterocycles. The third-order valence-corrected chi connectivity index (χ3v) is 3.55. The minimum Gasteiger partial charge on any atom is -0.497 e. The Bertz CT molecular complexity index is 462. The highest BCUT2D eigenvalue weighted by Gasteiger charge is 2.29. The third kappa shape index (κ3) is 2.66. The highest BCUT2D eigenvalue weighted by molar-refractivity contribution is 5.97. The van der Waals surface area contributed by atoms with Gasteiger partial charge in [-0.2, -0.15) is 0 Å². The van der Waals surface area contributed by atoms with E-state index >= 15 is 0 Å². The molecule has 1 aliphatic heterocycles. The van der Waals surface area contributed by atoms with Crippen molar-refractivity contribution >= 4 is 5.91 Å². The zero-order chi connectivity index (χ0) is 13.8. The Morgan fingerprint density at radius 3 is 2.84 bits per heavy atom. The normalized spacial score (nSPS) is 18.5. The second kappa shape index (κ2) is 5.93. The van der Waals surface area contributed by atoms with E-state index in [1.807, 2.05) is 4.90 Å². The first-order chi connectivity index (χ1) is 9.21. The lowest BCUT2D eigenvalue weighted by atomic mass is 10.1. The number of carbonyl (C=O) groups excluding carboxylic acids is 1. The summed E-state index contributed by atoms with van der Waals surface area (Å²) in [6.07, 6.45) is 1.98. The van der Waals surface area contributed by atoms with Gasteiger partial charge in [0, 0.05) is 25.2 Å². The van der Waals surface area contributed by atoms with Gasteiger partial charge >= 0.3 is 0 Å². The zero-order valence-electron chi connectivity index (χ0n) is 11.4. The summed E-state index contributed by atoms with van der Waals surface area (Å²) in [5.74, 6) is 1.18. The van der Waals surface area contributed by atoms with E-state index in [1.165, 1.54) is 0 Å². The average molecular weight is 264 g/mol. The van der Waals surface area contributed by atoms with Gasteiger partial charge in [-0.15, -0.1) is 0 Å². The summed E-state index contributed by atoms with van der Waals surface area (Å²) in [6.45, 7) is 1.26. The molecule has 0 bridgehead atoms. The van der Waals surface area contributed by atoms with Crippen LogP contribution in [0.2, 0.25) is 0 Å². The van der Waals surface area contributed by atoms with E-state index in [1.54, 1.807) is 32.4 Å². The molecule has 2 rings (SSSR count). The van der Waals surface area contributed by atoms with Crippen LogP contribution in [0.4, 0.5) is 0 Å². The first kappa shape index (κ1) is 13.7. The van der Waals surface area contributed by atoms with Crippen LogP contribution in [0, 0.1) is 0 Å². The molecule has 1 saturated heterocycles. The summed E-state index contributed by atoms with van der Waals surface area (Å²) in [5, 5.41) is 0. The molecule has 5 heteroatoms. The number of hydrogen-bond donors (Lipinski definition) is 1. The first-order valence-corrected chi connectivity index (χ1v) is 6.44. The number of benzene rings is 1. The molecule has 1 unspecified atom stereocenters. The molecule has 104 valence electrons. The fourth-order valence-corrected chi connectivity index (χ4v) is 2.48. The van der Waals surface area contributed by atoms with Crippen LogP contribution in [0.15, 0.2) is 18.2 Å². The number of rotatable bonds is 4. The van der Waals surface area contributed by atoms with E-state index in [4.69, 9.17) is 15.2 Å². The zero-order valence-corrected chi connectivity index (χ0v) is 11.4. The molecule has 1 aromatic rings. The Morgan fingerprint density at radius 1 is 1.42 bits per heavy atom. The highest BCUT2D eigenvalue weighted by Crippen LogP contribution is 2.28. The lowest BCUT2D eigenvalue weighted by Gasteiger charge is -2.24. The monoisotopic (exact) mass is 264 g/mol. The van der Waals surface area contributed by atoms with Crippen molar-refractivity contribution in [2.45, 2.75) is 18.9 Å². The van der Waals surface area contributed by atoms with Crippen molar-refractivity contribution in [2.75, 3.05) is 27.3 Å². The molecule has 1 fully saturated rings. The molecule has 2 N–H and O–H groups in total. The van der Waals surface area contributed by atoms with Gasteiger partial charge in [-0.05, 0) is 25.0 Å². The predicted molar refractivity (Wildman–Crippen MR) is 72.7 cm³/mol. The second-order valence-corrected chi connectivity index (χ2v) is 4.60. The maximum Gasteiger partial charge on any atom is 0.257 e. The number of methoxy groups -OCH3 is 2. The lowest BCUT2D eigenvalue weighted by Crippen LogP contribution is -2.40. The quantitative estimate of drug-likeness (QED) is 0.889. The molecular formula is C14H20N2O3. The minimum atomic E-state index is -0.0209. The number of nitrogens with two attached hydrogens (primary N) is 1. The number of nitrogens with zero attached hydrogens (tertiary/aromatic N) is 1. The average Bonchev–Trinajstić information content (AvgIpc) is 2.94. The van der Waals surface area contributed by atoms with Crippen LogP contribution in [-0.4, -0.2) is 44.2 Å². The van der Waals surface area contributed by atoms with E-state index in [-0.39, 0.29) is 11.9 Å². The molecule has 0 aromatic heterocycles. The van der Waals surface area contributed by atoms with Crippen molar-refractivity contribution in [1.82, 2.24) is 4.90 Å². The van der Waals surface area contributed by atoms with Gasteiger partial charge in [0.1, 0.15) is 11.5 Å². The first-order valence-electron chi connectivity index (χ1n) is 6.44. The Hall–Kier alpha value is -1.75. The largest absolute Gasteiger partial charge is 0.497 e. The molecule has 19 heavy (non-hydrogen) atoms. The number of hydrogen-bond acceptors (Lipinski definition) is 4. The van der Waals surface area contributed by atoms with E-state index in [2.05, 4.69) is 0 Å². The maximum absolute atomic E-state index is 12.5. The van der Waals surface area contributed by atoms with Crippen molar-refractivity contribution in [3.8, 4) is 11.5 Å². The summed E-state index contributed by atoms with van der Waals surface area (Å²) in [4.78, 5) is 14.4. The van der Waals surface area contributed by atoms with Crippen molar-refractivity contribution in [1.29, 1.82) is 0 Å². The standard InChI is InChI=1S/C14H20N2O3/c1-18-11-5-6-12(13(8-11)19-2)14(17)16-7-3-4-10(16)9-15/h5-6,8,10H,3-4,7,9,15H2,1-2H3. The van der Waals surface area contributed by atoms with E-state index < -0.39 is 0 Å². The van der Waals surface area contributed by atoms with E-state index in [0.717, 1.165) is 19.4 Å². The Labute approximate surface area is 113 Å². The molecular weight excluding hydrogens is 244 g/mol. The number of likely N-dealkylation sites (tertiary alicyclic amines) is 1. The van der Waals surface area contributed by atoms with E-state index in [0.29, 0.717) is 23.6 Å². The highest BCUT2D eigenvalue weighted by atomic mass is 16.5. The van der Waals surface area contributed by atoms with E-state index in [9.17, 15) is 4.79 Å². The summed E-state index contributed by atoms with van der Waals surface area (Å²) in [5.41, 5.74) is 6.27. The topological polar surface area (TPSA) is 64.8 Å². The number of ether oxygens (including phenoxy) is 2. The Balaban J connectivity index is 2.28. The maximum atomic E-state index is 12.5. The smallest absolute Gasteiger partial charge is 0.257 e. The third-order valence-electron chi connectivity index (χ3n) is 3.55. The molecule has 0 spiro atoms. The second-order valence-electron chi connectivity index (χ2n) is 4.60. The SMILES string of the molecule is COc1ccc(C(=O)N2CCCC2CN)c(OC)c1. The van der Waals surface area contributed by atoms with Crippen LogP contribution in [0.1, 0.15) is 23.2 Å². The van der Waals surface area contributed by atoms with Crippen molar-refractivity contribution < 1.29 is 14.3 Å². The summed E-state index contributed by atoms with van der Waals surface area (Å²) in [7, 11) is 3.14. The van der Waals surface area contributed by atoms with Gasteiger partial charge in [-0.25, -0.2) is 0 Å². The number of amides is 1. The van der Waals surface area contributed by atoms with Crippen LogP contribution < -0.4 is 15.2 Å². The molecule has 1 aliphatic rings. The van der Waals surface area contributed by atoms with Gasteiger partial charge in [-0.3, -0.25) is 4.79 Å². The van der Waals surface area contributed by atoms with Crippen molar-refractivity contribution in [2.24, 2.45) is 5.73 Å². The van der Waals surface area contributed by atoms with Crippen molar-refractivity contribution in [3.63, 3.8) is 0 Å².